The van der Waals surface area contributed by atoms with Crippen molar-refractivity contribution in [1.82, 2.24) is 5.32 Å². The average molecular weight is 209 g/mol. The van der Waals surface area contributed by atoms with E-state index in [0.717, 1.165) is 31.8 Å². The molecule has 1 saturated heterocycles. The Balaban J connectivity index is 1.87. The fraction of sp³-hybridized carbons (Fsp3) is 0.667. The van der Waals surface area contributed by atoms with Crippen LogP contribution >= 0.6 is 0 Å². The van der Waals surface area contributed by atoms with E-state index in [-0.39, 0.29) is 6.10 Å². The van der Waals surface area contributed by atoms with Gasteiger partial charge in [0, 0.05) is 12.6 Å². The van der Waals surface area contributed by atoms with Crippen LogP contribution in [0.4, 0.5) is 0 Å². The maximum Gasteiger partial charge on any atom is 0.132 e. The molecule has 1 aliphatic heterocycles. The zero-order chi connectivity index (χ0) is 10.5. The fourth-order valence-corrected chi connectivity index (χ4v) is 2.00. The maximum absolute atomic E-state index is 5.70. The van der Waals surface area contributed by atoms with Crippen LogP contribution in [-0.4, -0.2) is 19.2 Å². The lowest BCUT2D eigenvalue weighted by Gasteiger charge is -2.29. The van der Waals surface area contributed by atoms with Gasteiger partial charge >= 0.3 is 0 Å². The molecule has 2 unspecified atom stereocenters. The lowest BCUT2D eigenvalue weighted by atomic mass is 10.0. The predicted molar refractivity (Wildman–Crippen MR) is 58.7 cm³/mol. The third-order valence-corrected chi connectivity index (χ3v) is 2.83. The summed E-state index contributed by atoms with van der Waals surface area (Å²) in [6.07, 6.45) is 5.16. The van der Waals surface area contributed by atoms with Gasteiger partial charge in [-0.25, -0.2) is 0 Å². The quantitative estimate of drug-likeness (QED) is 0.827. The summed E-state index contributed by atoms with van der Waals surface area (Å²) >= 11 is 0. The molecular weight excluding hydrogens is 190 g/mol. The van der Waals surface area contributed by atoms with Crippen LogP contribution in [0.5, 0.6) is 0 Å². The molecular formula is C12H19NO2. The van der Waals surface area contributed by atoms with Crippen molar-refractivity contribution in [3.8, 4) is 0 Å². The second-order valence-electron chi connectivity index (χ2n) is 4.05. The number of hydrogen-bond donors (Lipinski definition) is 1. The molecule has 0 aliphatic carbocycles. The molecule has 0 spiro atoms. The highest BCUT2D eigenvalue weighted by molar-refractivity contribution is 5.03. The fourth-order valence-electron chi connectivity index (χ4n) is 2.00. The van der Waals surface area contributed by atoms with Crippen LogP contribution in [0.15, 0.2) is 22.8 Å². The van der Waals surface area contributed by atoms with E-state index >= 15 is 0 Å². The second kappa shape index (κ2) is 5.33. The highest BCUT2D eigenvalue weighted by Gasteiger charge is 2.24. The van der Waals surface area contributed by atoms with E-state index in [1.54, 1.807) is 6.26 Å². The number of rotatable bonds is 4. The minimum Gasteiger partial charge on any atom is -0.467 e. The summed E-state index contributed by atoms with van der Waals surface area (Å²) in [6.45, 7) is 4.11. The Hall–Kier alpha value is -0.800. The molecule has 2 atom stereocenters. The van der Waals surface area contributed by atoms with Gasteiger partial charge in [-0.05, 0) is 37.9 Å². The maximum atomic E-state index is 5.70. The first-order valence-corrected chi connectivity index (χ1v) is 5.78. The van der Waals surface area contributed by atoms with E-state index in [0.29, 0.717) is 6.04 Å². The smallest absolute Gasteiger partial charge is 0.132 e. The normalized spacial score (nSPS) is 26.7. The van der Waals surface area contributed by atoms with Crippen LogP contribution in [0.3, 0.4) is 0 Å². The Morgan fingerprint density at radius 1 is 1.53 bits per heavy atom. The molecule has 1 N–H and O–H groups in total. The number of furan rings is 1. The largest absolute Gasteiger partial charge is 0.467 e. The number of hydrogen-bond acceptors (Lipinski definition) is 3. The highest BCUT2D eigenvalue weighted by atomic mass is 16.5. The first-order valence-electron chi connectivity index (χ1n) is 5.78. The molecule has 0 bridgehead atoms. The van der Waals surface area contributed by atoms with E-state index in [4.69, 9.17) is 9.15 Å². The summed E-state index contributed by atoms with van der Waals surface area (Å²) in [6, 6.07) is 4.49. The van der Waals surface area contributed by atoms with Crippen molar-refractivity contribution in [3.63, 3.8) is 0 Å². The van der Waals surface area contributed by atoms with E-state index < -0.39 is 0 Å². The third-order valence-electron chi connectivity index (χ3n) is 2.83. The molecule has 1 fully saturated rings. The summed E-state index contributed by atoms with van der Waals surface area (Å²) in [5, 5.41) is 3.54. The monoisotopic (exact) mass is 209 g/mol. The van der Waals surface area contributed by atoms with Crippen LogP contribution < -0.4 is 5.32 Å². The van der Waals surface area contributed by atoms with Gasteiger partial charge in [-0.1, -0.05) is 6.92 Å². The summed E-state index contributed by atoms with van der Waals surface area (Å²) in [7, 11) is 0. The van der Waals surface area contributed by atoms with Crippen molar-refractivity contribution in [1.29, 1.82) is 0 Å². The molecule has 1 aliphatic rings. The molecule has 3 nitrogen and oxygen atoms in total. The second-order valence-corrected chi connectivity index (χ2v) is 4.05. The van der Waals surface area contributed by atoms with Gasteiger partial charge in [-0.3, -0.25) is 0 Å². The predicted octanol–water partition coefficient (Wildman–Crippen LogP) is 2.50. The van der Waals surface area contributed by atoms with Gasteiger partial charge < -0.3 is 14.5 Å². The SMILES string of the molecule is CCCNC1CCOC(c2ccco2)C1. The van der Waals surface area contributed by atoms with Crippen molar-refractivity contribution in [2.75, 3.05) is 13.2 Å². The molecule has 2 heterocycles. The molecule has 84 valence electrons. The van der Waals surface area contributed by atoms with E-state index in [1.165, 1.54) is 6.42 Å². The summed E-state index contributed by atoms with van der Waals surface area (Å²) in [4.78, 5) is 0. The first kappa shape index (κ1) is 10.7. The molecule has 0 saturated carbocycles. The van der Waals surface area contributed by atoms with Crippen molar-refractivity contribution >= 4 is 0 Å². The van der Waals surface area contributed by atoms with Gasteiger partial charge in [-0.2, -0.15) is 0 Å². The molecule has 15 heavy (non-hydrogen) atoms. The van der Waals surface area contributed by atoms with Crippen molar-refractivity contribution < 1.29 is 9.15 Å². The lowest BCUT2D eigenvalue weighted by Crippen LogP contribution is -2.36. The highest BCUT2D eigenvalue weighted by Crippen LogP contribution is 2.28. The van der Waals surface area contributed by atoms with Crippen molar-refractivity contribution in [3.05, 3.63) is 24.2 Å². The molecule has 2 rings (SSSR count). The van der Waals surface area contributed by atoms with Gasteiger partial charge in [0.2, 0.25) is 0 Å². The van der Waals surface area contributed by atoms with Gasteiger partial charge in [0.1, 0.15) is 11.9 Å². The van der Waals surface area contributed by atoms with Crippen LogP contribution in [0.25, 0.3) is 0 Å². The van der Waals surface area contributed by atoms with Crippen LogP contribution in [0.2, 0.25) is 0 Å². The van der Waals surface area contributed by atoms with Gasteiger partial charge in [0.15, 0.2) is 0 Å². The molecule has 0 radical (unpaired) electrons. The van der Waals surface area contributed by atoms with Crippen LogP contribution in [0.1, 0.15) is 38.1 Å². The minimum absolute atomic E-state index is 0.142. The summed E-state index contributed by atoms with van der Waals surface area (Å²) in [5.74, 6) is 0.956. The Morgan fingerprint density at radius 2 is 2.47 bits per heavy atom. The van der Waals surface area contributed by atoms with Gasteiger partial charge in [-0.15, -0.1) is 0 Å². The Morgan fingerprint density at radius 3 is 3.20 bits per heavy atom. The van der Waals surface area contributed by atoms with Gasteiger partial charge in [0.05, 0.1) is 6.26 Å². The van der Waals surface area contributed by atoms with Crippen LogP contribution in [-0.2, 0) is 4.74 Å². The third kappa shape index (κ3) is 2.83. The van der Waals surface area contributed by atoms with Crippen molar-refractivity contribution in [2.24, 2.45) is 0 Å². The Kier molecular flexibility index (Phi) is 3.80. The molecule has 0 aromatic carbocycles. The molecule has 3 heteroatoms. The lowest BCUT2D eigenvalue weighted by molar-refractivity contribution is -0.0117. The van der Waals surface area contributed by atoms with E-state index in [2.05, 4.69) is 12.2 Å². The summed E-state index contributed by atoms with van der Waals surface area (Å²) < 4.78 is 11.1. The Bertz CT molecular complexity index is 271. The van der Waals surface area contributed by atoms with Crippen molar-refractivity contribution in [2.45, 2.75) is 38.3 Å². The van der Waals surface area contributed by atoms with E-state index in [1.807, 2.05) is 12.1 Å². The topological polar surface area (TPSA) is 34.4 Å². The molecule has 1 aromatic rings. The number of ether oxygens (including phenoxy) is 1. The summed E-state index contributed by atoms with van der Waals surface area (Å²) in [5.41, 5.74) is 0. The van der Waals surface area contributed by atoms with E-state index in [9.17, 15) is 0 Å². The average Bonchev–Trinajstić information content (AvgIpc) is 2.80. The minimum atomic E-state index is 0.142. The van der Waals surface area contributed by atoms with Gasteiger partial charge in [0.25, 0.3) is 0 Å². The Labute approximate surface area is 90.8 Å². The zero-order valence-corrected chi connectivity index (χ0v) is 9.24. The van der Waals surface area contributed by atoms with Crippen LogP contribution in [0, 0.1) is 0 Å². The zero-order valence-electron chi connectivity index (χ0n) is 9.24. The molecule has 1 aromatic heterocycles. The number of nitrogens with one attached hydrogen (secondary N) is 1. The molecule has 0 amide bonds. The standard InChI is InChI=1S/C12H19NO2/c1-2-6-13-10-5-8-15-12(9-10)11-4-3-7-14-11/h3-4,7,10,12-13H,2,5-6,8-9H2,1H3. The first-order chi connectivity index (χ1) is 7.40.